The number of anilines is 1. The summed E-state index contributed by atoms with van der Waals surface area (Å²) in [7, 11) is -3.63. The maximum absolute atomic E-state index is 13.4. The van der Waals surface area contributed by atoms with Crippen LogP contribution < -0.4 is 10.3 Å². The van der Waals surface area contributed by atoms with Gasteiger partial charge in [-0.25, -0.2) is 13.8 Å². The zero-order valence-corrected chi connectivity index (χ0v) is 21.2. The Morgan fingerprint density at radius 3 is 2.46 bits per heavy atom. The molecular weight excluding hydrogens is 466 g/mol. The Hall–Kier alpha value is -2.69. The Morgan fingerprint density at radius 2 is 1.77 bits per heavy atom. The lowest BCUT2D eigenvalue weighted by Crippen LogP contribution is -2.40. The minimum Gasteiger partial charge on any atom is -0.379 e. The largest absolute Gasteiger partial charge is 0.379 e. The first kappa shape index (κ1) is 24.0. The number of carbonyl (C=O) groups excluding carboxylic acids is 1. The second-order valence-electron chi connectivity index (χ2n) is 9.53. The molecule has 1 saturated carbocycles. The number of aryl methyl sites for hydroxylation is 1. The molecule has 9 nitrogen and oxygen atoms in total. The van der Waals surface area contributed by atoms with E-state index in [2.05, 4.69) is 20.0 Å². The monoisotopic (exact) mass is 499 g/mol. The Bertz CT molecular complexity index is 1240. The fourth-order valence-electron chi connectivity index (χ4n) is 4.90. The standard InChI is InChI=1S/C25H33N5O4S/c1-18-15-21(17-26-27-25(31)20-5-6-20)19(2)30(18)24-16-22(7-8-23(24)28-9-3-4-10-28)35(32,33)29-11-13-34-14-12-29/h7-8,15-17,20H,3-6,9-14H2,1-2H3,(H,27,31). The molecule has 1 aromatic carbocycles. The lowest BCUT2D eigenvalue weighted by Gasteiger charge is -2.28. The van der Waals surface area contributed by atoms with E-state index in [-0.39, 0.29) is 16.7 Å². The molecule has 188 valence electrons. The number of nitrogens with zero attached hydrogens (tertiary/aromatic N) is 4. The van der Waals surface area contributed by atoms with Crippen LogP contribution in [0.15, 0.2) is 34.3 Å². The number of carbonyl (C=O) groups is 1. The van der Waals surface area contributed by atoms with E-state index < -0.39 is 10.0 Å². The van der Waals surface area contributed by atoms with Crippen LogP contribution in [0.4, 0.5) is 5.69 Å². The summed E-state index contributed by atoms with van der Waals surface area (Å²) in [6.07, 6.45) is 5.77. The lowest BCUT2D eigenvalue weighted by atomic mass is 10.2. The van der Waals surface area contributed by atoms with Gasteiger partial charge in [0.15, 0.2) is 0 Å². The summed E-state index contributed by atoms with van der Waals surface area (Å²) in [5.41, 5.74) is 7.29. The first-order chi connectivity index (χ1) is 16.9. The van der Waals surface area contributed by atoms with Crippen molar-refractivity contribution in [2.75, 3.05) is 44.3 Å². The molecule has 3 fully saturated rings. The van der Waals surface area contributed by atoms with Crippen molar-refractivity contribution in [1.82, 2.24) is 14.3 Å². The van der Waals surface area contributed by atoms with Crippen LogP contribution in [0.1, 0.15) is 42.6 Å². The molecule has 1 N–H and O–H groups in total. The van der Waals surface area contributed by atoms with Crippen LogP contribution in [-0.4, -0.2) is 68.8 Å². The number of hydrazone groups is 1. The van der Waals surface area contributed by atoms with Gasteiger partial charge in [-0.15, -0.1) is 0 Å². The van der Waals surface area contributed by atoms with E-state index in [0.29, 0.717) is 26.3 Å². The van der Waals surface area contributed by atoms with Crippen molar-refractivity contribution in [2.24, 2.45) is 11.0 Å². The fourth-order valence-corrected chi connectivity index (χ4v) is 6.32. The Kier molecular flexibility index (Phi) is 6.69. The van der Waals surface area contributed by atoms with E-state index in [1.54, 1.807) is 18.3 Å². The molecule has 0 spiro atoms. The Morgan fingerprint density at radius 1 is 1.06 bits per heavy atom. The molecule has 35 heavy (non-hydrogen) atoms. The van der Waals surface area contributed by atoms with Gasteiger partial charge in [-0.1, -0.05) is 0 Å². The topological polar surface area (TPSA) is 96.2 Å². The number of ether oxygens (including phenoxy) is 1. The summed E-state index contributed by atoms with van der Waals surface area (Å²) in [5, 5.41) is 4.17. The van der Waals surface area contributed by atoms with Crippen molar-refractivity contribution in [1.29, 1.82) is 0 Å². The molecule has 3 aliphatic rings. The Labute approximate surface area is 206 Å². The molecule has 1 amide bonds. The van der Waals surface area contributed by atoms with Crippen molar-refractivity contribution in [2.45, 2.75) is 44.4 Å². The third-order valence-corrected chi connectivity index (χ3v) is 8.93. The quantitative estimate of drug-likeness (QED) is 0.467. The van der Waals surface area contributed by atoms with Gasteiger partial charge in [0.25, 0.3) is 0 Å². The zero-order chi connectivity index (χ0) is 24.6. The highest BCUT2D eigenvalue weighted by atomic mass is 32.2. The molecule has 10 heteroatoms. The number of rotatable bonds is 7. The maximum Gasteiger partial charge on any atom is 0.243 e. The summed E-state index contributed by atoms with van der Waals surface area (Å²) < 4.78 is 35.8. The average Bonchev–Trinajstić information content (AvgIpc) is 3.50. The van der Waals surface area contributed by atoms with E-state index in [4.69, 9.17) is 4.74 Å². The highest BCUT2D eigenvalue weighted by Crippen LogP contribution is 2.34. The van der Waals surface area contributed by atoms with Crippen LogP contribution in [-0.2, 0) is 19.6 Å². The highest BCUT2D eigenvalue weighted by molar-refractivity contribution is 7.89. The fraction of sp³-hybridized carbons (Fsp3) is 0.520. The Balaban J connectivity index is 1.53. The van der Waals surface area contributed by atoms with Crippen LogP contribution in [0.25, 0.3) is 5.69 Å². The molecule has 2 aliphatic heterocycles. The van der Waals surface area contributed by atoms with Crippen LogP contribution in [0.3, 0.4) is 0 Å². The summed E-state index contributed by atoms with van der Waals surface area (Å²) in [4.78, 5) is 14.5. The van der Waals surface area contributed by atoms with E-state index in [1.165, 1.54) is 4.31 Å². The molecule has 1 aromatic heterocycles. The predicted molar refractivity (Wildman–Crippen MR) is 135 cm³/mol. The molecule has 2 saturated heterocycles. The number of benzene rings is 1. The van der Waals surface area contributed by atoms with Crippen molar-refractivity contribution < 1.29 is 17.9 Å². The number of morpholine rings is 1. The number of hydrogen-bond donors (Lipinski definition) is 1. The van der Waals surface area contributed by atoms with Gasteiger partial charge >= 0.3 is 0 Å². The van der Waals surface area contributed by atoms with E-state index in [9.17, 15) is 13.2 Å². The van der Waals surface area contributed by atoms with E-state index in [0.717, 1.165) is 67.1 Å². The SMILES string of the molecule is Cc1cc(C=NNC(=O)C2CC2)c(C)n1-c1cc(S(=O)(=O)N2CCOCC2)ccc1N1CCCC1. The minimum absolute atomic E-state index is 0.0348. The number of hydrogen-bond acceptors (Lipinski definition) is 6. The van der Waals surface area contributed by atoms with E-state index in [1.807, 2.05) is 26.0 Å². The second kappa shape index (κ2) is 9.75. The van der Waals surface area contributed by atoms with Gasteiger partial charge in [0, 0.05) is 49.0 Å². The molecule has 5 rings (SSSR count). The first-order valence-electron chi connectivity index (χ1n) is 12.4. The van der Waals surface area contributed by atoms with Gasteiger partial charge in [0.1, 0.15) is 0 Å². The zero-order valence-electron chi connectivity index (χ0n) is 20.4. The van der Waals surface area contributed by atoms with Crippen molar-refractivity contribution in [3.63, 3.8) is 0 Å². The highest BCUT2D eigenvalue weighted by Gasteiger charge is 2.30. The molecule has 3 heterocycles. The number of amides is 1. The predicted octanol–water partition coefficient (Wildman–Crippen LogP) is 2.58. The summed E-state index contributed by atoms with van der Waals surface area (Å²) in [6.45, 7) is 7.44. The molecule has 1 aliphatic carbocycles. The van der Waals surface area contributed by atoms with Gasteiger partial charge < -0.3 is 14.2 Å². The van der Waals surface area contributed by atoms with Crippen LogP contribution >= 0.6 is 0 Å². The third-order valence-electron chi connectivity index (χ3n) is 7.04. The van der Waals surface area contributed by atoms with E-state index >= 15 is 0 Å². The second-order valence-corrected chi connectivity index (χ2v) is 11.5. The maximum atomic E-state index is 13.4. The molecule has 0 radical (unpaired) electrons. The number of nitrogens with one attached hydrogen (secondary N) is 1. The van der Waals surface area contributed by atoms with Gasteiger partial charge in [-0.2, -0.15) is 9.41 Å². The summed E-state index contributed by atoms with van der Waals surface area (Å²) in [5.74, 6) is 0.0613. The average molecular weight is 500 g/mol. The third kappa shape index (κ3) is 4.87. The van der Waals surface area contributed by atoms with Crippen LogP contribution in [0.5, 0.6) is 0 Å². The van der Waals surface area contributed by atoms with Gasteiger partial charge in [0.05, 0.1) is 35.7 Å². The van der Waals surface area contributed by atoms with Crippen molar-refractivity contribution >= 4 is 27.8 Å². The van der Waals surface area contributed by atoms with Crippen LogP contribution in [0.2, 0.25) is 0 Å². The minimum atomic E-state index is -3.63. The van der Waals surface area contributed by atoms with Crippen molar-refractivity contribution in [3.8, 4) is 5.69 Å². The molecule has 0 atom stereocenters. The first-order valence-corrected chi connectivity index (χ1v) is 13.8. The normalized spacial score (nSPS) is 19.5. The summed E-state index contributed by atoms with van der Waals surface area (Å²) in [6, 6.07) is 7.48. The number of sulfonamides is 1. The summed E-state index contributed by atoms with van der Waals surface area (Å²) >= 11 is 0. The molecule has 0 bridgehead atoms. The van der Waals surface area contributed by atoms with Gasteiger partial charge in [-0.3, -0.25) is 4.79 Å². The molecular formula is C25H33N5O4S. The smallest absolute Gasteiger partial charge is 0.243 e. The van der Waals surface area contributed by atoms with Crippen molar-refractivity contribution in [3.05, 3.63) is 41.2 Å². The number of aromatic nitrogens is 1. The molecule has 2 aromatic rings. The van der Waals surface area contributed by atoms with Gasteiger partial charge in [0.2, 0.25) is 15.9 Å². The molecule has 0 unspecified atom stereocenters. The van der Waals surface area contributed by atoms with Crippen LogP contribution in [0, 0.1) is 19.8 Å². The van der Waals surface area contributed by atoms with Gasteiger partial charge in [-0.05, 0) is 63.8 Å². The lowest BCUT2D eigenvalue weighted by molar-refractivity contribution is -0.122.